The minimum atomic E-state index is -0.598. The first-order chi connectivity index (χ1) is 8.97. The summed E-state index contributed by atoms with van der Waals surface area (Å²) in [5.74, 6) is -0.843. The molecule has 2 aromatic rings. The average Bonchev–Trinajstić information content (AvgIpc) is 2.78. The molecule has 19 heavy (non-hydrogen) atoms. The Balaban J connectivity index is 2.28. The van der Waals surface area contributed by atoms with Crippen LogP contribution in [0.3, 0.4) is 0 Å². The monoisotopic (exact) mass is 279 g/mol. The molecule has 7 heteroatoms. The summed E-state index contributed by atoms with van der Waals surface area (Å²) >= 11 is 1.17. The van der Waals surface area contributed by atoms with Crippen LogP contribution in [0.2, 0.25) is 0 Å². The Hall–Kier alpha value is -2.28. The number of non-ortho nitro benzene ring substituents is 1. The molecule has 0 aliphatic carbocycles. The lowest BCUT2D eigenvalue weighted by Gasteiger charge is -1.98. The van der Waals surface area contributed by atoms with Crippen molar-refractivity contribution in [3.05, 3.63) is 39.3 Å². The van der Waals surface area contributed by atoms with E-state index < -0.39 is 10.9 Å². The minimum absolute atomic E-state index is 0.0334. The highest BCUT2D eigenvalue weighted by Crippen LogP contribution is 2.29. The Labute approximate surface area is 111 Å². The number of nitro groups is 1. The van der Waals surface area contributed by atoms with Gasteiger partial charge in [-0.3, -0.25) is 14.9 Å². The largest absolute Gasteiger partial charge is 0.454 e. The van der Waals surface area contributed by atoms with Crippen molar-refractivity contribution in [2.75, 3.05) is 6.61 Å². The molecule has 0 amide bonds. The van der Waals surface area contributed by atoms with Gasteiger partial charge in [0.05, 0.1) is 4.92 Å². The van der Waals surface area contributed by atoms with E-state index >= 15 is 0 Å². The van der Waals surface area contributed by atoms with Crippen LogP contribution in [0.1, 0.15) is 16.6 Å². The number of rotatable bonds is 4. The summed E-state index contributed by atoms with van der Waals surface area (Å²) in [6.07, 6.45) is 0. The van der Waals surface area contributed by atoms with Crippen LogP contribution in [-0.2, 0) is 9.53 Å². The van der Waals surface area contributed by atoms with Crippen molar-refractivity contribution in [1.82, 2.24) is 0 Å². The van der Waals surface area contributed by atoms with E-state index in [1.807, 2.05) is 0 Å². The molecule has 0 N–H and O–H groups in total. The molecule has 0 aliphatic heterocycles. The second-order valence-electron chi connectivity index (χ2n) is 3.87. The molecule has 0 fully saturated rings. The third-order valence-electron chi connectivity index (χ3n) is 2.32. The number of nitrogens with zero attached hydrogens (tertiary/aromatic N) is 1. The molecular weight excluding hydrogens is 270 g/mol. The van der Waals surface area contributed by atoms with Gasteiger partial charge in [-0.25, -0.2) is 4.79 Å². The number of carbonyl (C=O) groups excluding carboxylic acids is 2. The maximum atomic E-state index is 11.6. The van der Waals surface area contributed by atoms with Crippen molar-refractivity contribution >= 4 is 38.9 Å². The fourth-order valence-corrected chi connectivity index (χ4v) is 2.42. The van der Waals surface area contributed by atoms with E-state index in [0.717, 1.165) is 4.70 Å². The zero-order valence-electron chi connectivity index (χ0n) is 9.91. The number of nitro benzene ring substituents is 1. The van der Waals surface area contributed by atoms with Crippen molar-refractivity contribution in [3.8, 4) is 0 Å². The predicted octanol–water partition coefficient (Wildman–Crippen LogP) is 2.56. The number of fused-ring (bicyclic) bond motifs is 1. The Morgan fingerprint density at radius 3 is 2.74 bits per heavy atom. The van der Waals surface area contributed by atoms with Crippen LogP contribution in [0.4, 0.5) is 5.69 Å². The number of ether oxygens (including phenoxy) is 1. The van der Waals surface area contributed by atoms with E-state index in [9.17, 15) is 19.7 Å². The van der Waals surface area contributed by atoms with Crippen molar-refractivity contribution in [1.29, 1.82) is 0 Å². The summed E-state index contributed by atoms with van der Waals surface area (Å²) in [5.41, 5.74) is -0.0334. The first kappa shape index (κ1) is 13.2. The summed E-state index contributed by atoms with van der Waals surface area (Å²) in [7, 11) is 0. The number of carbonyl (C=O) groups is 2. The van der Waals surface area contributed by atoms with E-state index in [2.05, 4.69) is 0 Å². The third-order valence-corrected chi connectivity index (χ3v) is 3.41. The van der Waals surface area contributed by atoms with Gasteiger partial charge in [-0.15, -0.1) is 11.3 Å². The summed E-state index contributed by atoms with van der Waals surface area (Å²) in [4.78, 5) is 32.8. The SMILES string of the molecule is CC(=O)COC(=O)c1cc2cc([N+](=O)[O-])ccc2s1. The highest BCUT2D eigenvalue weighted by Gasteiger charge is 2.14. The lowest BCUT2D eigenvalue weighted by molar-refractivity contribution is -0.384. The molecule has 2 rings (SSSR count). The van der Waals surface area contributed by atoms with E-state index in [-0.39, 0.29) is 18.1 Å². The summed E-state index contributed by atoms with van der Waals surface area (Å²) in [6, 6.07) is 5.88. The molecule has 0 saturated heterocycles. The van der Waals surface area contributed by atoms with E-state index in [1.165, 1.54) is 36.5 Å². The minimum Gasteiger partial charge on any atom is -0.454 e. The van der Waals surface area contributed by atoms with Crippen LogP contribution in [0, 0.1) is 10.1 Å². The normalized spacial score (nSPS) is 10.4. The molecule has 0 saturated carbocycles. The standard InChI is InChI=1S/C12H9NO5S/c1-7(14)6-18-12(15)11-5-8-4-9(13(16)17)2-3-10(8)19-11/h2-5H,6H2,1H3. The van der Waals surface area contributed by atoms with Crippen LogP contribution in [0.5, 0.6) is 0 Å². The van der Waals surface area contributed by atoms with Gasteiger partial charge in [-0.05, 0) is 19.1 Å². The molecule has 0 aliphatic rings. The van der Waals surface area contributed by atoms with Gasteiger partial charge in [-0.2, -0.15) is 0 Å². The van der Waals surface area contributed by atoms with Gasteiger partial charge in [0, 0.05) is 22.2 Å². The molecular formula is C12H9NO5S. The molecule has 0 radical (unpaired) electrons. The molecule has 6 nitrogen and oxygen atoms in total. The molecule has 1 aromatic heterocycles. The Kier molecular flexibility index (Phi) is 3.57. The zero-order valence-corrected chi connectivity index (χ0v) is 10.7. The first-order valence-corrected chi connectivity index (χ1v) is 6.13. The number of Topliss-reactive ketones (excluding diaryl/α,β-unsaturated/α-hetero) is 1. The maximum Gasteiger partial charge on any atom is 0.348 e. The van der Waals surface area contributed by atoms with Crippen molar-refractivity contribution in [2.45, 2.75) is 6.92 Å². The fourth-order valence-electron chi connectivity index (χ4n) is 1.48. The topological polar surface area (TPSA) is 86.5 Å². The van der Waals surface area contributed by atoms with E-state index in [4.69, 9.17) is 4.74 Å². The quantitative estimate of drug-likeness (QED) is 0.487. The van der Waals surface area contributed by atoms with Gasteiger partial charge in [0.1, 0.15) is 11.5 Å². The lowest BCUT2D eigenvalue weighted by atomic mass is 10.2. The van der Waals surface area contributed by atoms with Gasteiger partial charge in [0.25, 0.3) is 5.69 Å². The predicted molar refractivity (Wildman–Crippen MR) is 69.4 cm³/mol. The Bertz CT molecular complexity index is 676. The van der Waals surface area contributed by atoms with Gasteiger partial charge >= 0.3 is 5.97 Å². The zero-order chi connectivity index (χ0) is 14.0. The summed E-state index contributed by atoms with van der Waals surface area (Å²) in [6.45, 7) is 1.05. The van der Waals surface area contributed by atoms with Crippen molar-refractivity contribution in [2.24, 2.45) is 0 Å². The molecule has 1 heterocycles. The van der Waals surface area contributed by atoms with Gasteiger partial charge in [0.2, 0.25) is 0 Å². The number of hydrogen-bond acceptors (Lipinski definition) is 6. The highest BCUT2D eigenvalue weighted by molar-refractivity contribution is 7.20. The summed E-state index contributed by atoms with van der Waals surface area (Å²) < 4.78 is 5.54. The Morgan fingerprint density at radius 1 is 1.37 bits per heavy atom. The first-order valence-electron chi connectivity index (χ1n) is 5.32. The number of esters is 1. The number of hydrogen-bond donors (Lipinski definition) is 0. The second-order valence-corrected chi connectivity index (χ2v) is 4.95. The van der Waals surface area contributed by atoms with Crippen molar-refractivity contribution in [3.63, 3.8) is 0 Å². The molecule has 0 spiro atoms. The molecule has 1 aromatic carbocycles. The highest BCUT2D eigenvalue weighted by atomic mass is 32.1. The van der Waals surface area contributed by atoms with Crippen LogP contribution < -0.4 is 0 Å². The number of thiophene rings is 1. The van der Waals surface area contributed by atoms with E-state index in [0.29, 0.717) is 10.3 Å². The van der Waals surface area contributed by atoms with Gasteiger partial charge in [0.15, 0.2) is 5.78 Å². The summed E-state index contributed by atoms with van der Waals surface area (Å²) in [5, 5.41) is 11.2. The van der Waals surface area contributed by atoms with E-state index in [1.54, 1.807) is 6.07 Å². The van der Waals surface area contributed by atoms with Crippen molar-refractivity contribution < 1.29 is 19.2 Å². The lowest BCUT2D eigenvalue weighted by Crippen LogP contribution is -2.09. The fraction of sp³-hybridized carbons (Fsp3) is 0.167. The molecule has 0 unspecified atom stereocenters. The Morgan fingerprint density at radius 2 is 2.11 bits per heavy atom. The number of ketones is 1. The second kappa shape index (κ2) is 5.15. The molecule has 0 atom stereocenters. The van der Waals surface area contributed by atoms with Crippen LogP contribution in [0.25, 0.3) is 10.1 Å². The van der Waals surface area contributed by atoms with Crippen LogP contribution in [-0.4, -0.2) is 23.3 Å². The smallest absolute Gasteiger partial charge is 0.348 e. The molecule has 98 valence electrons. The maximum absolute atomic E-state index is 11.6. The average molecular weight is 279 g/mol. The third kappa shape index (κ3) is 2.94. The van der Waals surface area contributed by atoms with Gasteiger partial charge in [-0.1, -0.05) is 0 Å². The van der Waals surface area contributed by atoms with Crippen LogP contribution in [0.15, 0.2) is 24.3 Å². The van der Waals surface area contributed by atoms with Gasteiger partial charge < -0.3 is 4.74 Å². The number of benzene rings is 1. The molecule has 0 bridgehead atoms. The van der Waals surface area contributed by atoms with Crippen LogP contribution >= 0.6 is 11.3 Å².